The zero-order valence-corrected chi connectivity index (χ0v) is 25.1. The highest BCUT2D eigenvalue weighted by Crippen LogP contribution is 2.42. The molecule has 3 aromatic rings. The van der Waals surface area contributed by atoms with Gasteiger partial charge in [-0.25, -0.2) is 0 Å². The SMILES string of the molecule is CCOc1cc(/C=C2\SC(Nc3ccccc3)N([C@@H]3CCCC[C@H]3C)C2=O)ccc1OCc1ccc(Cl)c(Cl)c1. The minimum absolute atomic E-state index is 0.0788. The third-order valence-corrected chi connectivity index (χ3v) is 9.22. The molecule has 1 amide bonds. The van der Waals surface area contributed by atoms with E-state index in [0.29, 0.717) is 40.7 Å². The Morgan fingerprint density at radius 2 is 1.77 bits per heavy atom. The first kappa shape index (κ1) is 28.7. The Kier molecular flexibility index (Phi) is 9.51. The van der Waals surface area contributed by atoms with Crippen molar-refractivity contribution >= 4 is 52.6 Å². The van der Waals surface area contributed by atoms with Crippen molar-refractivity contribution in [2.24, 2.45) is 5.92 Å². The number of carbonyl (C=O) groups is 1. The summed E-state index contributed by atoms with van der Waals surface area (Å²) < 4.78 is 12.0. The first-order valence-corrected chi connectivity index (χ1v) is 15.4. The van der Waals surface area contributed by atoms with E-state index in [9.17, 15) is 4.79 Å². The molecule has 3 atom stereocenters. The first-order chi connectivity index (χ1) is 19.4. The molecule has 1 aliphatic heterocycles. The quantitative estimate of drug-likeness (QED) is 0.250. The van der Waals surface area contributed by atoms with Crippen LogP contribution in [0.5, 0.6) is 11.5 Å². The molecule has 40 heavy (non-hydrogen) atoms. The number of hydrogen-bond acceptors (Lipinski definition) is 5. The molecule has 210 valence electrons. The lowest BCUT2D eigenvalue weighted by Gasteiger charge is -2.39. The van der Waals surface area contributed by atoms with Crippen LogP contribution in [-0.2, 0) is 11.4 Å². The lowest BCUT2D eigenvalue weighted by molar-refractivity contribution is -0.129. The first-order valence-electron chi connectivity index (χ1n) is 13.8. The van der Waals surface area contributed by atoms with Crippen LogP contribution < -0.4 is 14.8 Å². The summed E-state index contributed by atoms with van der Waals surface area (Å²) in [5.41, 5.74) is 2.64. The highest BCUT2D eigenvalue weighted by atomic mass is 35.5. The lowest BCUT2D eigenvalue weighted by atomic mass is 9.85. The molecule has 1 unspecified atom stereocenters. The van der Waals surface area contributed by atoms with Gasteiger partial charge in [-0.15, -0.1) is 0 Å². The molecule has 1 N–H and O–H groups in total. The van der Waals surface area contributed by atoms with Gasteiger partial charge in [-0.2, -0.15) is 0 Å². The molecule has 8 heteroatoms. The van der Waals surface area contributed by atoms with E-state index in [1.165, 1.54) is 6.42 Å². The average Bonchev–Trinajstić information content (AvgIpc) is 3.25. The number of halogens is 2. The normalized spacial score (nSPS) is 22.0. The van der Waals surface area contributed by atoms with Gasteiger partial charge < -0.3 is 19.7 Å². The zero-order chi connectivity index (χ0) is 28.1. The molecule has 1 aliphatic carbocycles. The van der Waals surface area contributed by atoms with Crippen LogP contribution in [0.4, 0.5) is 5.69 Å². The molecule has 1 saturated carbocycles. The number of carbonyl (C=O) groups excluding carboxylic acids is 1. The number of nitrogens with one attached hydrogen (secondary N) is 1. The Morgan fingerprint density at radius 3 is 2.52 bits per heavy atom. The van der Waals surface area contributed by atoms with Crippen molar-refractivity contribution in [1.29, 1.82) is 0 Å². The van der Waals surface area contributed by atoms with Crippen LogP contribution in [0, 0.1) is 5.92 Å². The van der Waals surface area contributed by atoms with Crippen molar-refractivity contribution in [3.8, 4) is 11.5 Å². The van der Waals surface area contributed by atoms with Crippen molar-refractivity contribution in [2.75, 3.05) is 11.9 Å². The van der Waals surface area contributed by atoms with Gasteiger partial charge in [-0.1, -0.05) is 85.1 Å². The number of thioether (sulfide) groups is 1. The van der Waals surface area contributed by atoms with Gasteiger partial charge in [0.1, 0.15) is 6.61 Å². The summed E-state index contributed by atoms with van der Waals surface area (Å²) in [6.07, 6.45) is 6.53. The molecule has 2 fully saturated rings. The molecule has 0 bridgehead atoms. The number of hydrogen-bond donors (Lipinski definition) is 1. The summed E-state index contributed by atoms with van der Waals surface area (Å²) >= 11 is 13.8. The van der Waals surface area contributed by atoms with Crippen LogP contribution in [0.25, 0.3) is 6.08 Å². The Balaban J connectivity index is 1.38. The van der Waals surface area contributed by atoms with Crippen molar-refractivity contribution in [3.63, 3.8) is 0 Å². The zero-order valence-electron chi connectivity index (χ0n) is 22.7. The van der Waals surface area contributed by atoms with Gasteiger partial charge >= 0.3 is 0 Å². The summed E-state index contributed by atoms with van der Waals surface area (Å²) in [5, 5.41) is 4.60. The van der Waals surface area contributed by atoms with Gasteiger partial charge in [-0.05, 0) is 79.3 Å². The Hall–Kier alpha value is -2.80. The van der Waals surface area contributed by atoms with Gasteiger partial charge in [0.05, 0.1) is 21.6 Å². The van der Waals surface area contributed by atoms with Crippen molar-refractivity contribution < 1.29 is 14.3 Å². The van der Waals surface area contributed by atoms with Crippen LogP contribution in [0.15, 0.2) is 71.6 Å². The van der Waals surface area contributed by atoms with Gasteiger partial charge in [0.2, 0.25) is 0 Å². The third kappa shape index (κ3) is 6.73. The van der Waals surface area contributed by atoms with Gasteiger partial charge in [0, 0.05) is 11.7 Å². The van der Waals surface area contributed by atoms with E-state index in [0.717, 1.165) is 41.0 Å². The van der Waals surface area contributed by atoms with E-state index in [1.807, 2.05) is 67.6 Å². The molecular formula is C32H34Cl2N2O3S. The van der Waals surface area contributed by atoms with E-state index in [2.05, 4.69) is 17.1 Å². The molecule has 5 rings (SSSR count). The number of benzene rings is 3. The van der Waals surface area contributed by atoms with Crippen molar-refractivity contribution in [2.45, 2.75) is 57.7 Å². The minimum atomic E-state index is -0.160. The summed E-state index contributed by atoms with van der Waals surface area (Å²) in [7, 11) is 0. The Morgan fingerprint density at radius 1 is 0.975 bits per heavy atom. The average molecular weight is 598 g/mol. The van der Waals surface area contributed by atoms with Gasteiger partial charge in [0.25, 0.3) is 5.91 Å². The van der Waals surface area contributed by atoms with E-state index in [-0.39, 0.29) is 17.4 Å². The molecule has 0 radical (unpaired) electrons. The van der Waals surface area contributed by atoms with Crippen LogP contribution in [0.3, 0.4) is 0 Å². The van der Waals surface area contributed by atoms with Crippen molar-refractivity contribution in [3.05, 3.63) is 92.8 Å². The lowest BCUT2D eigenvalue weighted by Crippen LogP contribution is -2.48. The van der Waals surface area contributed by atoms with Gasteiger partial charge in [0.15, 0.2) is 17.0 Å². The Bertz CT molecular complexity index is 1370. The second-order valence-electron chi connectivity index (χ2n) is 10.2. The van der Waals surface area contributed by atoms with Crippen LogP contribution >= 0.6 is 35.0 Å². The maximum Gasteiger partial charge on any atom is 0.262 e. The number of anilines is 1. The summed E-state index contributed by atoms with van der Waals surface area (Å²) in [4.78, 5) is 16.7. The van der Waals surface area contributed by atoms with Crippen LogP contribution in [-0.4, -0.2) is 29.0 Å². The van der Waals surface area contributed by atoms with E-state index in [4.69, 9.17) is 32.7 Å². The summed E-state index contributed by atoms with van der Waals surface area (Å²) in [6.45, 7) is 5.03. The van der Waals surface area contributed by atoms with E-state index < -0.39 is 0 Å². The molecule has 0 aromatic heterocycles. The smallest absolute Gasteiger partial charge is 0.262 e. The second-order valence-corrected chi connectivity index (χ2v) is 12.1. The maximum atomic E-state index is 13.9. The predicted molar refractivity (Wildman–Crippen MR) is 166 cm³/mol. The number of para-hydroxylation sites is 1. The van der Waals surface area contributed by atoms with Gasteiger partial charge in [-0.3, -0.25) is 4.79 Å². The van der Waals surface area contributed by atoms with E-state index in [1.54, 1.807) is 23.9 Å². The largest absolute Gasteiger partial charge is 0.490 e. The topological polar surface area (TPSA) is 50.8 Å². The highest BCUT2D eigenvalue weighted by Gasteiger charge is 2.42. The molecule has 5 nitrogen and oxygen atoms in total. The van der Waals surface area contributed by atoms with Crippen LogP contribution in [0.1, 0.15) is 50.7 Å². The second kappa shape index (κ2) is 13.2. The fourth-order valence-electron chi connectivity index (χ4n) is 5.31. The molecule has 3 aromatic carbocycles. The minimum Gasteiger partial charge on any atom is -0.490 e. The molecule has 1 saturated heterocycles. The summed E-state index contributed by atoms with van der Waals surface area (Å²) in [6, 6.07) is 21.5. The molecule has 1 heterocycles. The van der Waals surface area contributed by atoms with E-state index >= 15 is 0 Å². The van der Waals surface area contributed by atoms with Crippen LogP contribution in [0.2, 0.25) is 10.0 Å². The number of nitrogens with zero attached hydrogens (tertiary/aromatic N) is 1. The fraction of sp³-hybridized carbons (Fsp3) is 0.344. The third-order valence-electron chi connectivity index (χ3n) is 7.37. The molecule has 0 spiro atoms. The monoisotopic (exact) mass is 596 g/mol. The number of rotatable bonds is 9. The standard InChI is InChI=1S/C32H34Cl2N2O3S/c1-3-38-29-18-22(14-16-28(29)39-20-23-13-15-25(33)26(34)17-23)19-30-31(37)36(27-12-8-7-9-21(27)2)32(40-30)35-24-10-5-4-6-11-24/h4-6,10-11,13-19,21,27,32,35H,3,7-9,12,20H2,1-2H3/b30-19-/t21-,27-,32?/m1/s1. The molecule has 2 aliphatic rings. The fourth-order valence-corrected chi connectivity index (χ4v) is 6.84. The summed E-state index contributed by atoms with van der Waals surface area (Å²) in [5.74, 6) is 1.80. The number of amides is 1. The molecular weight excluding hydrogens is 563 g/mol. The highest BCUT2D eigenvalue weighted by molar-refractivity contribution is 8.05. The Labute approximate surface area is 250 Å². The maximum absolute atomic E-state index is 13.9. The number of ether oxygens (including phenoxy) is 2. The van der Waals surface area contributed by atoms with Crippen molar-refractivity contribution in [1.82, 2.24) is 4.90 Å². The predicted octanol–water partition coefficient (Wildman–Crippen LogP) is 8.86.